The van der Waals surface area contributed by atoms with Crippen LogP contribution in [0.2, 0.25) is 0 Å². The van der Waals surface area contributed by atoms with Crippen LogP contribution >= 0.6 is 0 Å². The number of nitrogens with zero attached hydrogens (tertiary/aromatic N) is 1. The summed E-state index contributed by atoms with van der Waals surface area (Å²) < 4.78 is 0. The van der Waals surface area contributed by atoms with Crippen molar-refractivity contribution in [2.75, 3.05) is 26.2 Å². The van der Waals surface area contributed by atoms with Crippen molar-refractivity contribution >= 4 is 0 Å². The Hall–Kier alpha value is -0.0800. The molecular weight excluding hydrogens is 256 g/mol. The molecule has 0 heterocycles. The molecule has 0 radical (unpaired) electrons. The standard InChI is InChI=1S/C19H36N2/c1-2-13-20-15-19(11-5-3-4-6-12-19)16-21(18-9-10-18)14-17-7-8-17/h17-18,20H,2-16H2,1H3. The van der Waals surface area contributed by atoms with Crippen LogP contribution in [0.15, 0.2) is 0 Å². The van der Waals surface area contributed by atoms with Gasteiger partial charge in [0.2, 0.25) is 0 Å². The lowest BCUT2D eigenvalue weighted by molar-refractivity contribution is 0.117. The van der Waals surface area contributed by atoms with Gasteiger partial charge in [-0.1, -0.05) is 32.6 Å². The summed E-state index contributed by atoms with van der Waals surface area (Å²) in [5.41, 5.74) is 0.586. The molecule has 0 spiro atoms. The van der Waals surface area contributed by atoms with Gasteiger partial charge in [-0.3, -0.25) is 4.90 Å². The van der Waals surface area contributed by atoms with E-state index in [2.05, 4.69) is 17.1 Å². The maximum atomic E-state index is 3.78. The third-order valence-corrected chi connectivity index (χ3v) is 5.88. The molecule has 122 valence electrons. The zero-order chi connectivity index (χ0) is 14.5. The van der Waals surface area contributed by atoms with Crippen molar-refractivity contribution in [3.05, 3.63) is 0 Å². The Morgan fingerprint density at radius 3 is 2.29 bits per heavy atom. The highest BCUT2D eigenvalue weighted by atomic mass is 15.2. The summed E-state index contributed by atoms with van der Waals surface area (Å²) in [6.45, 7) is 7.57. The van der Waals surface area contributed by atoms with E-state index in [9.17, 15) is 0 Å². The molecule has 21 heavy (non-hydrogen) atoms. The average molecular weight is 293 g/mol. The van der Waals surface area contributed by atoms with Crippen LogP contribution in [0.3, 0.4) is 0 Å². The van der Waals surface area contributed by atoms with E-state index >= 15 is 0 Å². The van der Waals surface area contributed by atoms with E-state index in [1.807, 2.05) is 0 Å². The highest BCUT2D eigenvalue weighted by Gasteiger charge is 2.39. The minimum Gasteiger partial charge on any atom is -0.316 e. The van der Waals surface area contributed by atoms with Crippen LogP contribution in [-0.4, -0.2) is 37.1 Å². The van der Waals surface area contributed by atoms with Gasteiger partial charge in [0, 0.05) is 25.7 Å². The molecule has 2 nitrogen and oxygen atoms in total. The van der Waals surface area contributed by atoms with Crippen LogP contribution in [0, 0.1) is 11.3 Å². The van der Waals surface area contributed by atoms with Crippen molar-refractivity contribution in [3.63, 3.8) is 0 Å². The molecule has 3 saturated carbocycles. The molecule has 0 aromatic carbocycles. The molecule has 0 aromatic rings. The van der Waals surface area contributed by atoms with Crippen LogP contribution < -0.4 is 5.32 Å². The van der Waals surface area contributed by atoms with Crippen LogP contribution in [0.4, 0.5) is 0 Å². The molecule has 3 rings (SSSR count). The number of nitrogens with one attached hydrogen (secondary N) is 1. The molecule has 3 aliphatic rings. The second-order valence-corrected chi connectivity index (χ2v) is 8.19. The van der Waals surface area contributed by atoms with Crippen LogP contribution in [0.25, 0.3) is 0 Å². The van der Waals surface area contributed by atoms with Gasteiger partial charge in [-0.05, 0) is 62.8 Å². The Labute approximate surface area is 132 Å². The summed E-state index contributed by atoms with van der Waals surface area (Å²) in [4.78, 5) is 2.91. The average Bonchev–Trinajstić information content (AvgIpc) is 3.33. The zero-order valence-corrected chi connectivity index (χ0v) is 14.2. The summed E-state index contributed by atoms with van der Waals surface area (Å²) in [5.74, 6) is 1.05. The normalized spacial score (nSPS) is 26.0. The van der Waals surface area contributed by atoms with E-state index in [0.29, 0.717) is 5.41 Å². The Bertz CT molecular complexity index is 299. The Morgan fingerprint density at radius 2 is 1.71 bits per heavy atom. The van der Waals surface area contributed by atoms with E-state index in [4.69, 9.17) is 0 Å². The Kier molecular flexibility index (Phi) is 5.61. The lowest BCUT2D eigenvalue weighted by atomic mass is 9.79. The molecule has 0 aliphatic heterocycles. The number of hydrogen-bond donors (Lipinski definition) is 1. The van der Waals surface area contributed by atoms with Crippen molar-refractivity contribution in [3.8, 4) is 0 Å². The fourth-order valence-electron chi connectivity index (χ4n) is 4.24. The molecule has 3 fully saturated rings. The number of rotatable bonds is 9. The quantitative estimate of drug-likeness (QED) is 0.506. The summed E-state index contributed by atoms with van der Waals surface area (Å²) in [6.07, 6.45) is 16.1. The third-order valence-electron chi connectivity index (χ3n) is 5.88. The van der Waals surface area contributed by atoms with Gasteiger partial charge in [0.05, 0.1) is 0 Å². The van der Waals surface area contributed by atoms with E-state index in [-0.39, 0.29) is 0 Å². The molecule has 2 heteroatoms. The third kappa shape index (κ3) is 4.96. The molecule has 0 bridgehead atoms. The van der Waals surface area contributed by atoms with Crippen LogP contribution in [-0.2, 0) is 0 Å². The first-order valence-electron chi connectivity index (χ1n) is 9.76. The molecule has 0 atom stereocenters. The first-order chi connectivity index (χ1) is 10.3. The highest BCUT2D eigenvalue weighted by Crippen LogP contribution is 2.40. The van der Waals surface area contributed by atoms with E-state index in [1.165, 1.54) is 96.8 Å². The van der Waals surface area contributed by atoms with Gasteiger partial charge < -0.3 is 5.32 Å². The lowest BCUT2D eigenvalue weighted by Gasteiger charge is -2.39. The van der Waals surface area contributed by atoms with E-state index in [0.717, 1.165) is 12.0 Å². The summed E-state index contributed by atoms with van der Waals surface area (Å²) in [6, 6.07) is 0.955. The first-order valence-corrected chi connectivity index (χ1v) is 9.76. The number of hydrogen-bond acceptors (Lipinski definition) is 2. The van der Waals surface area contributed by atoms with Crippen molar-refractivity contribution in [2.45, 2.75) is 83.6 Å². The molecule has 1 N–H and O–H groups in total. The van der Waals surface area contributed by atoms with E-state index < -0.39 is 0 Å². The maximum Gasteiger partial charge on any atom is 0.00967 e. The Balaban J connectivity index is 1.60. The second kappa shape index (κ2) is 7.46. The summed E-state index contributed by atoms with van der Waals surface area (Å²) in [5, 5.41) is 3.78. The van der Waals surface area contributed by atoms with Gasteiger partial charge in [0.1, 0.15) is 0 Å². The summed E-state index contributed by atoms with van der Waals surface area (Å²) >= 11 is 0. The predicted molar refractivity (Wildman–Crippen MR) is 90.6 cm³/mol. The van der Waals surface area contributed by atoms with Crippen LogP contribution in [0.1, 0.15) is 77.6 Å². The fourth-order valence-corrected chi connectivity index (χ4v) is 4.24. The maximum absolute atomic E-state index is 3.78. The summed E-state index contributed by atoms with van der Waals surface area (Å²) in [7, 11) is 0. The first kappa shape index (κ1) is 15.8. The molecule has 0 unspecified atom stereocenters. The predicted octanol–water partition coefficient (Wildman–Crippen LogP) is 4.20. The smallest absolute Gasteiger partial charge is 0.00967 e. The van der Waals surface area contributed by atoms with Gasteiger partial charge >= 0.3 is 0 Å². The highest BCUT2D eigenvalue weighted by molar-refractivity contribution is 4.94. The minimum absolute atomic E-state index is 0.586. The van der Waals surface area contributed by atoms with E-state index in [1.54, 1.807) is 0 Å². The zero-order valence-electron chi connectivity index (χ0n) is 14.2. The van der Waals surface area contributed by atoms with Gasteiger partial charge in [0.15, 0.2) is 0 Å². The van der Waals surface area contributed by atoms with Crippen molar-refractivity contribution in [2.24, 2.45) is 11.3 Å². The molecular formula is C19H36N2. The monoisotopic (exact) mass is 292 g/mol. The van der Waals surface area contributed by atoms with Crippen molar-refractivity contribution in [1.29, 1.82) is 0 Å². The van der Waals surface area contributed by atoms with Gasteiger partial charge in [0.25, 0.3) is 0 Å². The second-order valence-electron chi connectivity index (χ2n) is 8.19. The molecule has 0 aromatic heterocycles. The minimum atomic E-state index is 0.586. The van der Waals surface area contributed by atoms with Crippen molar-refractivity contribution in [1.82, 2.24) is 10.2 Å². The SMILES string of the molecule is CCCNCC1(CN(CC2CC2)C2CC2)CCCCCC1. The van der Waals surface area contributed by atoms with Crippen LogP contribution in [0.5, 0.6) is 0 Å². The lowest BCUT2D eigenvalue weighted by Crippen LogP contribution is -2.45. The topological polar surface area (TPSA) is 15.3 Å². The van der Waals surface area contributed by atoms with Gasteiger partial charge in [-0.2, -0.15) is 0 Å². The molecule has 3 aliphatic carbocycles. The fraction of sp³-hybridized carbons (Fsp3) is 1.00. The molecule has 0 saturated heterocycles. The van der Waals surface area contributed by atoms with Gasteiger partial charge in [-0.25, -0.2) is 0 Å². The van der Waals surface area contributed by atoms with Crippen molar-refractivity contribution < 1.29 is 0 Å². The largest absolute Gasteiger partial charge is 0.316 e. The molecule has 0 amide bonds. The van der Waals surface area contributed by atoms with Gasteiger partial charge in [-0.15, -0.1) is 0 Å². The Morgan fingerprint density at radius 1 is 1.00 bits per heavy atom.